The molecular formula is C24H26N4O2S. The minimum absolute atomic E-state index is 0.00462. The third-order valence-corrected chi connectivity index (χ3v) is 7.09. The van der Waals surface area contributed by atoms with E-state index in [-0.39, 0.29) is 17.5 Å². The van der Waals surface area contributed by atoms with Crippen LogP contribution in [0.25, 0.3) is 0 Å². The topological polar surface area (TPSA) is 69.3 Å². The number of aromatic nitrogens is 2. The fourth-order valence-electron chi connectivity index (χ4n) is 4.63. The maximum absolute atomic E-state index is 13.2. The normalized spacial score (nSPS) is 19.2. The van der Waals surface area contributed by atoms with Crippen LogP contribution in [0.5, 0.6) is 0 Å². The summed E-state index contributed by atoms with van der Waals surface area (Å²) in [6.07, 6.45) is 3.52. The van der Waals surface area contributed by atoms with Gasteiger partial charge in [-0.15, -0.1) is 11.3 Å². The Bertz CT molecular complexity index is 1110. The van der Waals surface area contributed by atoms with Gasteiger partial charge < -0.3 is 9.88 Å². The van der Waals surface area contributed by atoms with Crippen LogP contribution in [0.15, 0.2) is 52.6 Å². The average Bonchev–Trinajstić information content (AvgIpc) is 3.32. The Morgan fingerprint density at radius 1 is 1.13 bits per heavy atom. The molecule has 4 heterocycles. The standard InChI is InChI=1S/C24H26N4O2S/c29-23-19-11-13-27(15-18-9-6-14-31-18)16-20(19)25-22(26-23)21-10-4-5-12-28(21)24(30)17-7-2-1-3-8-17/h1-3,6-9,14,21H,4-5,10-13,15-16H2,(H,25,26,29)/t21-/m1/s1. The second kappa shape index (κ2) is 8.77. The molecule has 5 rings (SSSR count). The third kappa shape index (κ3) is 4.20. The summed E-state index contributed by atoms with van der Waals surface area (Å²) >= 11 is 1.75. The summed E-state index contributed by atoms with van der Waals surface area (Å²) in [7, 11) is 0. The Morgan fingerprint density at radius 2 is 2.00 bits per heavy atom. The second-order valence-electron chi connectivity index (χ2n) is 8.29. The molecule has 0 unspecified atom stereocenters. The smallest absolute Gasteiger partial charge is 0.254 e. The molecule has 2 aromatic heterocycles. The molecule has 1 aromatic carbocycles. The number of H-pyrrole nitrogens is 1. The van der Waals surface area contributed by atoms with Crippen molar-refractivity contribution in [2.75, 3.05) is 13.1 Å². The number of thiophene rings is 1. The molecule has 0 bridgehead atoms. The van der Waals surface area contributed by atoms with E-state index in [0.29, 0.717) is 30.9 Å². The first kappa shape index (κ1) is 20.2. The number of nitrogens with one attached hydrogen (secondary N) is 1. The van der Waals surface area contributed by atoms with Gasteiger partial charge in [0.25, 0.3) is 11.5 Å². The van der Waals surface area contributed by atoms with Crippen LogP contribution in [0.4, 0.5) is 0 Å². The molecule has 1 amide bonds. The van der Waals surface area contributed by atoms with Gasteiger partial charge in [-0.1, -0.05) is 24.3 Å². The van der Waals surface area contributed by atoms with Gasteiger partial charge in [0.2, 0.25) is 0 Å². The van der Waals surface area contributed by atoms with Crippen LogP contribution in [-0.2, 0) is 19.5 Å². The van der Waals surface area contributed by atoms with Crippen molar-refractivity contribution in [2.24, 2.45) is 0 Å². The number of hydrogen-bond donors (Lipinski definition) is 1. The molecule has 160 valence electrons. The van der Waals surface area contributed by atoms with Gasteiger partial charge in [-0.25, -0.2) is 4.98 Å². The number of carbonyl (C=O) groups excluding carboxylic acids is 1. The predicted octanol–water partition coefficient (Wildman–Crippen LogP) is 3.76. The number of likely N-dealkylation sites (tertiary alicyclic amines) is 1. The Balaban J connectivity index is 1.42. The summed E-state index contributed by atoms with van der Waals surface area (Å²) in [5, 5.41) is 2.09. The molecule has 0 spiro atoms. The lowest BCUT2D eigenvalue weighted by Gasteiger charge is -2.36. The molecule has 1 atom stereocenters. The minimum Gasteiger partial charge on any atom is -0.328 e. The van der Waals surface area contributed by atoms with E-state index in [4.69, 9.17) is 4.98 Å². The summed E-state index contributed by atoms with van der Waals surface area (Å²) in [5.74, 6) is 0.635. The molecule has 7 heteroatoms. The van der Waals surface area contributed by atoms with E-state index in [1.807, 2.05) is 35.2 Å². The summed E-state index contributed by atoms with van der Waals surface area (Å²) < 4.78 is 0. The number of rotatable bonds is 4. The predicted molar refractivity (Wildman–Crippen MR) is 121 cm³/mol. The summed E-state index contributed by atoms with van der Waals surface area (Å²) in [4.78, 5) is 39.6. The van der Waals surface area contributed by atoms with Gasteiger partial charge in [0.1, 0.15) is 5.82 Å². The van der Waals surface area contributed by atoms with E-state index in [1.165, 1.54) is 4.88 Å². The number of carbonyl (C=O) groups is 1. The van der Waals surface area contributed by atoms with Crippen molar-refractivity contribution in [1.82, 2.24) is 19.8 Å². The third-order valence-electron chi connectivity index (χ3n) is 6.23. The average molecular weight is 435 g/mol. The fraction of sp³-hybridized carbons (Fsp3) is 0.375. The Labute approximate surface area is 185 Å². The van der Waals surface area contributed by atoms with Crippen molar-refractivity contribution >= 4 is 17.2 Å². The Hall–Kier alpha value is -2.77. The lowest BCUT2D eigenvalue weighted by atomic mass is 9.99. The van der Waals surface area contributed by atoms with Crippen molar-refractivity contribution in [2.45, 2.75) is 44.8 Å². The lowest BCUT2D eigenvalue weighted by molar-refractivity contribution is 0.0598. The zero-order chi connectivity index (χ0) is 21.2. The number of nitrogens with zero attached hydrogens (tertiary/aromatic N) is 3. The van der Waals surface area contributed by atoms with Crippen LogP contribution < -0.4 is 5.56 Å². The van der Waals surface area contributed by atoms with Crippen molar-refractivity contribution in [3.05, 3.63) is 85.7 Å². The van der Waals surface area contributed by atoms with Gasteiger partial charge >= 0.3 is 0 Å². The molecular weight excluding hydrogens is 408 g/mol. The molecule has 0 saturated carbocycles. The van der Waals surface area contributed by atoms with Crippen molar-refractivity contribution in [3.63, 3.8) is 0 Å². The van der Waals surface area contributed by atoms with E-state index in [0.717, 1.165) is 43.6 Å². The zero-order valence-corrected chi connectivity index (χ0v) is 18.2. The lowest BCUT2D eigenvalue weighted by Crippen LogP contribution is -2.41. The van der Waals surface area contributed by atoms with Crippen molar-refractivity contribution in [1.29, 1.82) is 0 Å². The van der Waals surface area contributed by atoms with E-state index >= 15 is 0 Å². The number of piperidine rings is 1. The van der Waals surface area contributed by atoms with Gasteiger partial charge in [0, 0.05) is 42.2 Å². The van der Waals surface area contributed by atoms with Crippen LogP contribution in [0.3, 0.4) is 0 Å². The van der Waals surface area contributed by atoms with Gasteiger partial charge in [0.05, 0.1) is 11.7 Å². The van der Waals surface area contributed by atoms with Gasteiger partial charge in [-0.2, -0.15) is 0 Å². The highest BCUT2D eigenvalue weighted by molar-refractivity contribution is 7.09. The first-order valence-electron chi connectivity index (χ1n) is 10.9. The fourth-order valence-corrected chi connectivity index (χ4v) is 5.38. The zero-order valence-electron chi connectivity index (χ0n) is 17.4. The molecule has 0 aliphatic carbocycles. The van der Waals surface area contributed by atoms with Gasteiger partial charge in [-0.05, 0) is 49.3 Å². The van der Waals surface area contributed by atoms with Crippen molar-refractivity contribution < 1.29 is 4.79 Å². The highest BCUT2D eigenvalue weighted by Crippen LogP contribution is 2.31. The number of fused-ring (bicyclic) bond motifs is 1. The molecule has 2 aliphatic rings. The summed E-state index contributed by atoms with van der Waals surface area (Å²) in [6, 6.07) is 13.4. The molecule has 6 nitrogen and oxygen atoms in total. The molecule has 1 N–H and O–H groups in total. The molecule has 31 heavy (non-hydrogen) atoms. The monoisotopic (exact) mass is 434 g/mol. The number of amides is 1. The van der Waals surface area contributed by atoms with Crippen LogP contribution in [0, 0.1) is 0 Å². The first-order chi connectivity index (χ1) is 15.2. The number of aromatic amines is 1. The van der Waals surface area contributed by atoms with Crippen LogP contribution in [-0.4, -0.2) is 38.8 Å². The molecule has 3 aromatic rings. The highest BCUT2D eigenvalue weighted by Gasteiger charge is 2.32. The van der Waals surface area contributed by atoms with E-state index < -0.39 is 0 Å². The molecule has 1 saturated heterocycles. The van der Waals surface area contributed by atoms with Gasteiger partial charge in [-0.3, -0.25) is 14.5 Å². The van der Waals surface area contributed by atoms with E-state index in [2.05, 4.69) is 27.4 Å². The summed E-state index contributed by atoms with van der Waals surface area (Å²) in [5.41, 5.74) is 2.28. The Kier molecular flexibility index (Phi) is 5.70. The largest absolute Gasteiger partial charge is 0.328 e. The Morgan fingerprint density at radius 3 is 2.81 bits per heavy atom. The van der Waals surface area contributed by atoms with E-state index in [1.54, 1.807) is 11.3 Å². The van der Waals surface area contributed by atoms with Gasteiger partial charge in [0.15, 0.2) is 0 Å². The first-order valence-corrected chi connectivity index (χ1v) is 11.8. The quantitative estimate of drug-likeness (QED) is 0.679. The summed E-state index contributed by atoms with van der Waals surface area (Å²) in [6.45, 7) is 3.09. The number of hydrogen-bond acceptors (Lipinski definition) is 5. The highest BCUT2D eigenvalue weighted by atomic mass is 32.1. The van der Waals surface area contributed by atoms with E-state index in [9.17, 15) is 9.59 Å². The van der Waals surface area contributed by atoms with Crippen LogP contribution in [0.1, 0.15) is 57.6 Å². The maximum atomic E-state index is 13.2. The molecule has 0 radical (unpaired) electrons. The van der Waals surface area contributed by atoms with Crippen molar-refractivity contribution in [3.8, 4) is 0 Å². The second-order valence-corrected chi connectivity index (χ2v) is 9.32. The molecule has 1 fully saturated rings. The SMILES string of the molecule is O=C(c1ccccc1)N1CCCC[C@@H]1c1nc2c(c(=O)[nH]1)CCN(Cc1cccs1)C2. The van der Waals surface area contributed by atoms with Crippen LogP contribution in [0.2, 0.25) is 0 Å². The minimum atomic E-state index is -0.188. The maximum Gasteiger partial charge on any atom is 0.254 e. The van der Waals surface area contributed by atoms with Crippen LogP contribution >= 0.6 is 11.3 Å². The molecule has 2 aliphatic heterocycles. The number of benzene rings is 1.